The fourth-order valence-electron chi connectivity index (χ4n) is 3.08. The molecule has 0 spiro atoms. The highest BCUT2D eigenvalue weighted by molar-refractivity contribution is 6.31. The van der Waals surface area contributed by atoms with Gasteiger partial charge in [0.1, 0.15) is 17.4 Å². The summed E-state index contributed by atoms with van der Waals surface area (Å²) >= 11 is 6.02. The highest BCUT2D eigenvalue weighted by Gasteiger charge is 2.24. The molecular weight excluding hydrogens is 378 g/mol. The summed E-state index contributed by atoms with van der Waals surface area (Å²) in [6, 6.07) is 19.8. The van der Waals surface area contributed by atoms with Gasteiger partial charge in [-0.1, -0.05) is 41.9 Å². The molecule has 0 aliphatic rings. The summed E-state index contributed by atoms with van der Waals surface area (Å²) in [6.07, 6.45) is 0.548. The SMILES string of the molecule is O=C(c1cc2cc(Cl)ccc2o1)N(Cc1ccccc1)C[C@H](O)c1ccco1. The first-order valence-electron chi connectivity index (χ1n) is 8.84. The number of furan rings is 2. The van der Waals surface area contributed by atoms with E-state index in [2.05, 4.69) is 0 Å². The van der Waals surface area contributed by atoms with Crippen LogP contribution < -0.4 is 0 Å². The lowest BCUT2D eigenvalue weighted by Gasteiger charge is -2.24. The van der Waals surface area contributed by atoms with Crippen LogP contribution in [0.4, 0.5) is 0 Å². The van der Waals surface area contributed by atoms with Gasteiger partial charge >= 0.3 is 0 Å². The number of carbonyl (C=O) groups is 1. The van der Waals surface area contributed by atoms with E-state index in [0.717, 1.165) is 10.9 Å². The monoisotopic (exact) mass is 395 g/mol. The number of rotatable bonds is 6. The third kappa shape index (κ3) is 3.96. The largest absolute Gasteiger partial charge is 0.467 e. The zero-order chi connectivity index (χ0) is 19.5. The zero-order valence-corrected chi connectivity index (χ0v) is 15.7. The highest BCUT2D eigenvalue weighted by atomic mass is 35.5. The Kier molecular flexibility index (Phi) is 5.19. The third-order valence-electron chi connectivity index (χ3n) is 4.46. The minimum absolute atomic E-state index is 0.0685. The predicted octanol–water partition coefficient (Wildman–Crippen LogP) is 5.06. The second-order valence-corrected chi connectivity index (χ2v) is 6.93. The normalized spacial score (nSPS) is 12.2. The Balaban J connectivity index is 1.63. The first kappa shape index (κ1) is 18.3. The molecule has 0 bridgehead atoms. The van der Waals surface area contributed by atoms with Crippen LogP contribution in [0.1, 0.15) is 28.0 Å². The number of nitrogens with zero attached hydrogens (tertiary/aromatic N) is 1. The van der Waals surface area contributed by atoms with E-state index in [1.54, 1.807) is 41.3 Å². The second kappa shape index (κ2) is 7.92. The molecule has 2 aromatic carbocycles. The van der Waals surface area contributed by atoms with Gasteiger partial charge in [-0.3, -0.25) is 4.79 Å². The first-order valence-corrected chi connectivity index (χ1v) is 9.22. The average Bonchev–Trinajstić information content (AvgIpc) is 3.37. The Morgan fingerprint density at radius 1 is 1.07 bits per heavy atom. The van der Waals surface area contributed by atoms with Crippen LogP contribution in [0.25, 0.3) is 11.0 Å². The van der Waals surface area contributed by atoms with Gasteiger partial charge in [0.15, 0.2) is 5.76 Å². The van der Waals surface area contributed by atoms with Crippen LogP contribution >= 0.6 is 11.6 Å². The first-order chi connectivity index (χ1) is 13.6. The molecule has 1 amide bonds. The Hall–Kier alpha value is -3.02. The summed E-state index contributed by atoms with van der Waals surface area (Å²) in [5.74, 6) is 0.281. The van der Waals surface area contributed by atoms with Crippen molar-refractivity contribution in [3.63, 3.8) is 0 Å². The number of carbonyl (C=O) groups excluding carboxylic acids is 1. The molecule has 0 aliphatic carbocycles. The maximum Gasteiger partial charge on any atom is 0.290 e. The zero-order valence-electron chi connectivity index (χ0n) is 14.9. The molecule has 0 radical (unpaired) electrons. The van der Waals surface area contributed by atoms with Gasteiger partial charge in [0, 0.05) is 17.0 Å². The van der Waals surface area contributed by atoms with Gasteiger partial charge in [-0.25, -0.2) is 0 Å². The van der Waals surface area contributed by atoms with E-state index >= 15 is 0 Å². The van der Waals surface area contributed by atoms with Gasteiger partial charge in [-0.2, -0.15) is 0 Å². The van der Waals surface area contributed by atoms with Gasteiger partial charge < -0.3 is 18.8 Å². The van der Waals surface area contributed by atoms with Crippen LogP contribution in [0, 0.1) is 0 Å². The molecule has 0 saturated heterocycles. The van der Waals surface area contributed by atoms with Crippen LogP contribution in [-0.4, -0.2) is 22.5 Å². The third-order valence-corrected chi connectivity index (χ3v) is 4.69. The van der Waals surface area contributed by atoms with Crippen molar-refractivity contribution < 1.29 is 18.7 Å². The number of hydrogen-bond acceptors (Lipinski definition) is 4. The number of benzene rings is 2. The van der Waals surface area contributed by atoms with Crippen LogP contribution in [-0.2, 0) is 6.54 Å². The molecule has 4 aromatic rings. The van der Waals surface area contributed by atoms with E-state index in [-0.39, 0.29) is 18.2 Å². The number of halogens is 1. The number of amides is 1. The minimum atomic E-state index is -0.943. The number of aliphatic hydroxyl groups is 1. The summed E-state index contributed by atoms with van der Waals surface area (Å²) in [4.78, 5) is 14.7. The van der Waals surface area contributed by atoms with Crippen molar-refractivity contribution in [2.75, 3.05) is 6.54 Å². The van der Waals surface area contributed by atoms with Gasteiger partial charge in [-0.05, 0) is 42.0 Å². The second-order valence-electron chi connectivity index (χ2n) is 6.50. The molecule has 28 heavy (non-hydrogen) atoms. The standard InChI is InChI=1S/C22H18ClNO4/c23-17-8-9-19-16(11-17)12-21(28-19)22(26)24(13-15-5-2-1-3-6-15)14-18(25)20-7-4-10-27-20/h1-12,18,25H,13-14H2/t18-/m0/s1. The summed E-state index contributed by atoms with van der Waals surface area (Å²) in [6.45, 7) is 0.397. The maximum absolute atomic E-state index is 13.2. The van der Waals surface area contributed by atoms with E-state index < -0.39 is 6.10 Å². The Labute approximate surface area is 166 Å². The van der Waals surface area contributed by atoms with E-state index in [4.69, 9.17) is 20.4 Å². The molecule has 2 aromatic heterocycles. The Morgan fingerprint density at radius 2 is 1.89 bits per heavy atom. The van der Waals surface area contributed by atoms with Crippen molar-refractivity contribution in [3.05, 3.63) is 95.1 Å². The maximum atomic E-state index is 13.2. The topological polar surface area (TPSA) is 66.8 Å². The van der Waals surface area contributed by atoms with E-state index in [1.165, 1.54) is 6.26 Å². The molecule has 5 nitrogen and oxygen atoms in total. The molecule has 4 rings (SSSR count). The van der Waals surface area contributed by atoms with Gasteiger partial charge in [-0.15, -0.1) is 0 Å². The molecule has 142 valence electrons. The molecule has 0 aliphatic heterocycles. The molecule has 6 heteroatoms. The van der Waals surface area contributed by atoms with Crippen molar-refractivity contribution in [1.82, 2.24) is 4.90 Å². The van der Waals surface area contributed by atoms with Gasteiger partial charge in [0.2, 0.25) is 0 Å². The molecule has 0 saturated carbocycles. The van der Waals surface area contributed by atoms with Crippen molar-refractivity contribution in [2.45, 2.75) is 12.6 Å². The van der Waals surface area contributed by atoms with Gasteiger partial charge in [0.05, 0.1) is 12.8 Å². The Morgan fingerprint density at radius 3 is 2.64 bits per heavy atom. The molecular formula is C22H18ClNO4. The number of fused-ring (bicyclic) bond motifs is 1. The fourth-order valence-corrected chi connectivity index (χ4v) is 3.26. The molecule has 2 heterocycles. The molecule has 1 atom stereocenters. The summed E-state index contributed by atoms with van der Waals surface area (Å²) in [7, 11) is 0. The van der Waals surface area contributed by atoms with Crippen LogP contribution in [0.2, 0.25) is 5.02 Å². The summed E-state index contributed by atoms with van der Waals surface area (Å²) in [5, 5.41) is 11.8. The fraction of sp³-hybridized carbons (Fsp3) is 0.136. The molecule has 1 N–H and O–H groups in total. The van der Waals surface area contributed by atoms with Crippen molar-refractivity contribution in [1.29, 1.82) is 0 Å². The number of hydrogen-bond donors (Lipinski definition) is 1. The summed E-state index contributed by atoms with van der Waals surface area (Å²) < 4.78 is 11.0. The van der Waals surface area contributed by atoms with E-state index in [9.17, 15) is 9.90 Å². The van der Waals surface area contributed by atoms with Crippen molar-refractivity contribution in [3.8, 4) is 0 Å². The van der Waals surface area contributed by atoms with Crippen molar-refractivity contribution >= 4 is 28.5 Å². The highest BCUT2D eigenvalue weighted by Crippen LogP contribution is 2.25. The van der Waals surface area contributed by atoms with E-state index in [1.807, 2.05) is 30.3 Å². The van der Waals surface area contributed by atoms with Crippen molar-refractivity contribution in [2.24, 2.45) is 0 Å². The minimum Gasteiger partial charge on any atom is -0.467 e. The lowest BCUT2D eigenvalue weighted by molar-refractivity contribution is 0.0537. The number of aliphatic hydroxyl groups excluding tert-OH is 1. The Bertz CT molecular complexity index is 1070. The van der Waals surface area contributed by atoms with Crippen LogP contribution in [0.5, 0.6) is 0 Å². The predicted molar refractivity (Wildman–Crippen MR) is 106 cm³/mol. The quantitative estimate of drug-likeness (QED) is 0.495. The lowest BCUT2D eigenvalue weighted by Crippen LogP contribution is -2.34. The van der Waals surface area contributed by atoms with E-state index in [0.29, 0.717) is 22.9 Å². The lowest BCUT2D eigenvalue weighted by atomic mass is 10.1. The summed E-state index contributed by atoms with van der Waals surface area (Å²) in [5.41, 5.74) is 1.53. The molecule has 0 fully saturated rings. The molecule has 0 unspecified atom stereocenters. The van der Waals surface area contributed by atoms with Crippen LogP contribution in [0.15, 0.2) is 81.8 Å². The average molecular weight is 396 g/mol. The van der Waals surface area contributed by atoms with Crippen LogP contribution in [0.3, 0.4) is 0 Å². The smallest absolute Gasteiger partial charge is 0.290 e. The van der Waals surface area contributed by atoms with Gasteiger partial charge in [0.25, 0.3) is 5.91 Å².